The Labute approximate surface area is 144 Å². The van der Waals surface area contributed by atoms with Crippen molar-refractivity contribution in [2.75, 3.05) is 17.5 Å². The molecule has 0 bridgehead atoms. The summed E-state index contributed by atoms with van der Waals surface area (Å²) in [4.78, 5) is 23.9. The second kappa shape index (κ2) is 6.88. The van der Waals surface area contributed by atoms with E-state index in [-0.39, 0.29) is 11.6 Å². The lowest BCUT2D eigenvalue weighted by molar-refractivity contribution is -0.112. The van der Waals surface area contributed by atoms with Gasteiger partial charge in [0, 0.05) is 0 Å². The predicted molar refractivity (Wildman–Crippen MR) is 95.0 cm³/mol. The minimum Gasteiger partial charge on any atom is -0.465 e. The molecule has 25 heavy (non-hydrogen) atoms. The van der Waals surface area contributed by atoms with Gasteiger partial charge in [0.05, 0.1) is 29.7 Å². The van der Waals surface area contributed by atoms with Gasteiger partial charge in [-0.05, 0) is 36.4 Å². The first-order valence-corrected chi connectivity index (χ1v) is 7.47. The van der Waals surface area contributed by atoms with Gasteiger partial charge in [-0.3, -0.25) is 15.6 Å². The van der Waals surface area contributed by atoms with Gasteiger partial charge in [-0.2, -0.15) is 5.10 Å². The Morgan fingerprint density at radius 2 is 1.84 bits per heavy atom. The molecule has 2 N–H and O–H groups in total. The number of hydrazone groups is 1. The molecule has 1 saturated heterocycles. The SMILES string of the molecule is C=C1NN(c2ccccc2)C(=O)C1=NNc1ccc(C(=O)OC)cc1. The highest BCUT2D eigenvalue weighted by Gasteiger charge is 2.32. The molecule has 126 valence electrons. The topological polar surface area (TPSA) is 83.0 Å². The van der Waals surface area contributed by atoms with Gasteiger partial charge in [0.1, 0.15) is 0 Å². The Morgan fingerprint density at radius 1 is 1.16 bits per heavy atom. The number of hydrazine groups is 1. The quantitative estimate of drug-likeness (QED) is 0.661. The van der Waals surface area contributed by atoms with Gasteiger partial charge in [-0.1, -0.05) is 24.8 Å². The average molecular weight is 336 g/mol. The van der Waals surface area contributed by atoms with Gasteiger partial charge < -0.3 is 4.74 Å². The van der Waals surface area contributed by atoms with Gasteiger partial charge in [0.2, 0.25) is 0 Å². The van der Waals surface area contributed by atoms with E-state index >= 15 is 0 Å². The number of hydrogen-bond acceptors (Lipinski definition) is 6. The molecule has 1 aliphatic rings. The Bertz CT molecular complexity index is 844. The number of hydrogen-bond donors (Lipinski definition) is 2. The van der Waals surface area contributed by atoms with Crippen LogP contribution in [0.1, 0.15) is 10.4 Å². The lowest BCUT2D eigenvalue weighted by Gasteiger charge is -2.14. The van der Waals surface area contributed by atoms with Crippen LogP contribution in [0.3, 0.4) is 0 Å². The summed E-state index contributed by atoms with van der Waals surface area (Å²) in [5.74, 6) is -0.727. The molecule has 1 fully saturated rings. The molecule has 0 saturated carbocycles. The molecular weight excluding hydrogens is 320 g/mol. The molecule has 1 amide bonds. The lowest BCUT2D eigenvalue weighted by atomic mass is 10.2. The highest BCUT2D eigenvalue weighted by molar-refractivity contribution is 6.51. The van der Waals surface area contributed by atoms with Crippen molar-refractivity contribution in [2.45, 2.75) is 0 Å². The fourth-order valence-corrected chi connectivity index (χ4v) is 2.27. The van der Waals surface area contributed by atoms with Crippen LogP contribution >= 0.6 is 0 Å². The molecule has 1 heterocycles. The van der Waals surface area contributed by atoms with Crippen molar-refractivity contribution in [2.24, 2.45) is 5.10 Å². The van der Waals surface area contributed by atoms with Crippen LogP contribution in [0.25, 0.3) is 0 Å². The summed E-state index contributed by atoms with van der Waals surface area (Å²) in [6, 6.07) is 15.7. The molecule has 1 aliphatic heterocycles. The molecule has 0 unspecified atom stereocenters. The number of rotatable bonds is 4. The molecular formula is C18H16N4O3. The Kier molecular flexibility index (Phi) is 4.47. The van der Waals surface area contributed by atoms with Gasteiger partial charge in [0.25, 0.3) is 5.91 Å². The van der Waals surface area contributed by atoms with E-state index in [1.807, 2.05) is 18.2 Å². The van der Waals surface area contributed by atoms with E-state index in [0.717, 1.165) is 0 Å². The maximum absolute atomic E-state index is 12.5. The molecule has 7 nitrogen and oxygen atoms in total. The van der Waals surface area contributed by atoms with E-state index in [2.05, 4.69) is 27.3 Å². The number of nitrogens with zero attached hydrogens (tertiary/aromatic N) is 2. The van der Waals surface area contributed by atoms with E-state index in [9.17, 15) is 9.59 Å². The van der Waals surface area contributed by atoms with Crippen LogP contribution in [0.4, 0.5) is 11.4 Å². The standard InChI is InChI=1S/C18H16N4O3/c1-12-16(17(23)22(21-12)15-6-4-3-5-7-15)20-19-14-10-8-13(9-11-14)18(24)25-2/h3-11,19,21H,1H2,2H3. The van der Waals surface area contributed by atoms with Crippen molar-refractivity contribution < 1.29 is 14.3 Å². The maximum Gasteiger partial charge on any atom is 0.337 e. The summed E-state index contributed by atoms with van der Waals surface area (Å²) in [5.41, 5.74) is 8.01. The highest BCUT2D eigenvalue weighted by Crippen LogP contribution is 2.18. The minimum atomic E-state index is -0.417. The van der Waals surface area contributed by atoms with Crippen LogP contribution in [-0.4, -0.2) is 24.7 Å². The van der Waals surface area contributed by atoms with Crippen molar-refractivity contribution in [3.05, 3.63) is 72.4 Å². The molecule has 2 aromatic rings. The number of methoxy groups -OCH3 is 1. The average Bonchev–Trinajstić information content (AvgIpc) is 2.94. The highest BCUT2D eigenvalue weighted by atomic mass is 16.5. The Balaban J connectivity index is 1.74. The zero-order valence-corrected chi connectivity index (χ0v) is 13.5. The van der Waals surface area contributed by atoms with Gasteiger partial charge >= 0.3 is 5.97 Å². The molecule has 7 heteroatoms. The van der Waals surface area contributed by atoms with Gasteiger partial charge in [-0.15, -0.1) is 0 Å². The first kappa shape index (κ1) is 16.3. The molecule has 3 rings (SSSR count). The number of ether oxygens (including phenoxy) is 1. The predicted octanol–water partition coefficient (Wildman–Crippen LogP) is 2.31. The summed E-state index contributed by atoms with van der Waals surface area (Å²) < 4.78 is 4.64. The van der Waals surface area contributed by atoms with Crippen LogP contribution in [0.15, 0.2) is 72.0 Å². The molecule has 0 spiro atoms. The minimum absolute atomic E-state index is 0.181. The normalized spacial score (nSPS) is 15.2. The van der Waals surface area contributed by atoms with Gasteiger partial charge in [0.15, 0.2) is 5.71 Å². The summed E-state index contributed by atoms with van der Waals surface area (Å²) in [5, 5.41) is 5.50. The molecule has 0 aliphatic carbocycles. The van der Waals surface area contributed by atoms with Crippen molar-refractivity contribution in [1.82, 2.24) is 5.43 Å². The monoisotopic (exact) mass is 336 g/mol. The molecule has 0 aromatic heterocycles. The summed E-state index contributed by atoms with van der Waals surface area (Å²) in [7, 11) is 1.32. The third-order valence-electron chi connectivity index (χ3n) is 3.56. The zero-order chi connectivity index (χ0) is 17.8. The number of para-hydroxylation sites is 1. The third-order valence-corrected chi connectivity index (χ3v) is 3.56. The number of amides is 1. The maximum atomic E-state index is 12.5. The fourth-order valence-electron chi connectivity index (χ4n) is 2.27. The van der Waals surface area contributed by atoms with E-state index in [1.165, 1.54) is 12.1 Å². The van der Waals surface area contributed by atoms with Crippen molar-refractivity contribution in [3.63, 3.8) is 0 Å². The number of esters is 1. The Morgan fingerprint density at radius 3 is 2.48 bits per heavy atom. The largest absolute Gasteiger partial charge is 0.465 e. The van der Waals surface area contributed by atoms with E-state index in [4.69, 9.17) is 0 Å². The summed E-state index contributed by atoms with van der Waals surface area (Å²) in [6.45, 7) is 3.82. The number of nitrogens with one attached hydrogen (secondary N) is 2. The van der Waals surface area contributed by atoms with Crippen LogP contribution in [0, 0.1) is 0 Å². The molecule has 0 radical (unpaired) electrons. The van der Waals surface area contributed by atoms with Crippen LogP contribution in [0.5, 0.6) is 0 Å². The third kappa shape index (κ3) is 3.35. The van der Waals surface area contributed by atoms with Crippen molar-refractivity contribution in [1.29, 1.82) is 0 Å². The van der Waals surface area contributed by atoms with Gasteiger partial charge in [-0.25, -0.2) is 9.80 Å². The number of anilines is 2. The summed E-state index contributed by atoms with van der Waals surface area (Å²) >= 11 is 0. The number of benzene rings is 2. The smallest absolute Gasteiger partial charge is 0.337 e. The lowest BCUT2D eigenvalue weighted by Crippen LogP contribution is -2.34. The number of carbonyl (C=O) groups excluding carboxylic acids is 2. The van der Waals surface area contributed by atoms with E-state index < -0.39 is 5.97 Å². The van der Waals surface area contributed by atoms with E-state index in [0.29, 0.717) is 22.6 Å². The van der Waals surface area contributed by atoms with Crippen LogP contribution in [0.2, 0.25) is 0 Å². The Hall–Kier alpha value is -3.61. The van der Waals surface area contributed by atoms with Crippen LogP contribution in [-0.2, 0) is 9.53 Å². The van der Waals surface area contributed by atoms with Crippen LogP contribution < -0.4 is 15.9 Å². The van der Waals surface area contributed by atoms with E-state index in [1.54, 1.807) is 36.4 Å². The van der Waals surface area contributed by atoms with Crippen molar-refractivity contribution >= 4 is 29.0 Å². The summed E-state index contributed by atoms with van der Waals surface area (Å²) in [6.07, 6.45) is 0. The zero-order valence-electron chi connectivity index (χ0n) is 13.5. The molecule has 2 aromatic carbocycles. The molecule has 0 atom stereocenters. The first-order valence-electron chi connectivity index (χ1n) is 7.47. The second-order valence-electron chi connectivity index (χ2n) is 5.21. The first-order chi connectivity index (χ1) is 12.1. The second-order valence-corrected chi connectivity index (χ2v) is 5.21. The fraction of sp³-hybridized carbons (Fsp3) is 0.0556. The number of carbonyl (C=O) groups is 2. The van der Waals surface area contributed by atoms with Crippen molar-refractivity contribution in [3.8, 4) is 0 Å².